The SMILES string of the molecule is COC(=O)C(C)(C)C1CCCN(C2=NS(=O)(=O)c3ccccc32)C1. The van der Waals surface area contributed by atoms with E-state index in [1.807, 2.05) is 24.8 Å². The van der Waals surface area contributed by atoms with E-state index in [9.17, 15) is 13.2 Å². The van der Waals surface area contributed by atoms with Crippen LogP contribution in [0.4, 0.5) is 0 Å². The van der Waals surface area contributed by atoms with Crippen LogP contribution in [-0.4, -0.2) is 45.3 Å². The number of sulfonamides is 1. The number of methoxy groups -OCH3 is 1. The number of piperidine rings is 1. The highest BCUT2D eigenvalue weighted by Crippen LogP contribution is 2.37. The summed E-state index contributed by atoms with van der Waals surface area (Å²) in [5.74, 6) is 0.337. The second kappa shape index (κ2) is 5.88. The van der Waals surface area contributed by atoms with Crippen LogP contribution in [0.2, 0.25) is 0 Å². The van der Waals surface area contributed by atoms with Crippen LogP contribution in [0.1, 0.15) is 32.3 Å². The molecule has 0 N–H and O–H groups in total. The van der Waals surface area contributed by atoms with Crippen LogP contribution < -0.4 is 0 Å². The summed E-state index contributed by atoms with van der Waals surface area (Å²) < 4.78 is 33.4. The second-order valence-corrected chi connectivity index (χ2v) is 8.46. The molecule has 2 aliphatic rings. The normalized spacial score (nSPS) is 22.7. The fourth-order valence-corrected chi connectivity index (χ4v) is 4.73. The van der Waals surface area contributed by atoms with Gasteiger partial charge in [0.1, 0.15) is 4.90 Å². The Balaban J connectivity index is 1.91. The molecule has 24 heavy (non-hydrogen) atoms. The summed E-state index contributed by atoms with van der Waals surface area (Å²) in [6, 6.07) is 6.89. The van der Waals surface area contributed by atoms with Gasteiger partial charge in [-0.25, -0.2) is 0 Å². The maximum atomic E-state index is 12.3. The molecule has 0 bridgehead atoms. The van der Waals surface area contributed by atoms with E-state index in [0.717, 1.165) is 19.4 Å². The Morgan fingerprint density at radius 1 is 1.33 bits per heavy atom. The van der Waals surface area contributed by atoms with Crippen LogP contribution >= 0.6 is 0 Å². The summed E-state index contributed by atoms with van der Waals surface area (Å²) in [5.41, 5.74) is 0.0272. The monoisotopic (exact) mass is 350 g/mol. The van der Waals surface area contributed by atoms with Crippen LogP contribution in [0, 0.1) is 11.3 Å². The van der Waals surface area contributed by atoms with Crippen LogP contribution in [0.3, 0.4) is 0 Å². The third kappa shape index (κ3) is 2.70. The first-order valence-corrected chi connectivity index (χ1v) is 9.49. The number of hydrogen-bond acceptors (Lipinski definition) is 5. The van der Waals surface area contributed by atoms with E-state index in [-0.39, 0.29) is 16.8 Å². The molecular weight excluding hydrogens is 328 g/mol. The summed E-state index contributed by atoms with van der Waals surface area (Å²) in [6.07, 6.45) is 1.78. The Morgan fingerprint density at radius 3 is 2.75 bits per heavy atom. The minimum absolute atomic E-state index is 0.0804. The number of carbonyl (C=O) groups excluding carboxylic acids is 1. The molecule has 0 saturated carbocycles. The lowest BCUT2D eigenvalue weighted by molar-refractivity contribution is -0.154. The molecule has 3 rings (SSSR count). The van der Waals surface area contributed by atoms with Gasteiger partial charge in [-0.2, -0.15) is 8.42 Å². The number of benzene rings is 1. The van der Waals surface area contributed by atoms with Crippen molar-refractivity contribution < 1.29 is 17.9 Å². The van der Waals surface area contributed by atoms with Crippen molar-refractivity contribution >= 4 is 21.8 Å². The molecule has 0 aliphatic carbocycles. The van der Waals surface area contributed by atoms with E-state index in [4.69, 9.17) is 4.74 Å². The number of carbonyl (C=O) groups is 1. The largest absolute Gasteiger partial charge is 0.469 e. The molecule has 2 aliphatic heterocycles. The van der Waals surface area contributed by atoms with Crippen LogP contribution in [-0.2, 0) is 19.6 Å². The van der Waals surface area contributed by atoms with Gasteiger partial charge in [0.25, 0.3) is 10.0 Å². The van der Waals surface area contributed by atoms with Crippen molar-refractivity contribution in [2.24, 2.45) is 15.7 Å². The average Bonchev–Trinajstić information content (AvgIpc) is 2.86. The van der Waals surface area contributed by atoms with Crippen LogP contribution in [0.15, 0.2) is 33.6 Å². The third-order valence-corrected chi connectivity index (χ3v) is 6.39. The lowest BCUT2D eigenvalue weighted by Gasteiger charge is -2.40. The Morgan fingerprint density at radius 2 is 2.04 bits per heavy atom. The Labute approximate surface area is 142 Å². The van der Waals surface area contributed by atoms with Gasteiger partial charge in [0.15, 0.2) is 5.84 Å². The lowest BCUT2D eigenvalue weighted by Crippen LogP contribution is -2.47. The molecule has 7 heteroatoms. The van der Waals surface area contributed by atoms with Crippen molar-refractivity contribution in [3.8, 4) is 0 Å². The molecule has 1 saturated heterocycles. The molecule has 0 radical (unpaired) electrons. The Bertz CT molecular complexity index is 799. The summed E-state index contributed by atoms with van der Waals surface area (Å²) in [6.45, 7) is 5.09. The number of nitrogens with zero attached hydrogens (tertiary/aromatic N) is 2. The first-order chi connectivity index (χ1) is 11.3. The predicted octanol–water partition coefficient (Wildman–Crippen LogP) is 2.05. The fraction of sp³-hybridized carbons (Fsp3) is 0.529. The third-order valence-electron chi connectivity index (χ3n) is 5.07. The first-order valence-electron chi connectivity index (χ1n) is 8.05. The number of rotatable bonds is 2. The lowest BCUT2D eigenvalue weighted by atomic mass is 9.74. The zero-order valence-corrected chi connectivity index (χ0v) is 15.0. The summed E-state index contributed by atoms with van der Waals surface area (Å²) in [7, 11) is -2.23. The van der Waals surface area contributed by atoms with E-state index >= 15 is 0 Å². The molecule has 1 aromatic carbocycles. The highest BCUT2D eigenvalue weighted by molar-refractivity contribution is 7.90. The zero-order valence-electron chi connectivity index (χ0n) is 14.2. The van der Waals surface area contributed by atoms with E-state index in [1.165, 1.54) is 7.11 Å². The van der Waals surface area contributed by atoms with Crippen molar-refractivity contribution in [1.29, 1.82) is 0 Å². The molecule has 1 unspecified atom stereocenters. The smallest absolute Gasteiger partial charge is 0.311 e. The molecule has 0 amide bonds. The minimum Gasteiger partial charge on any atom is -0.469 e. The Kier molecular flexibility index (Phi) is 4.15. The van der Waals surface area contributed by atoms with E-state index < -0.39 is 15.4 Å². The number of fused-ring (bicyclic) bond motifs is 1. The van der Waals surface area contributed by atoms with Crippen molar-refractivity contribution in [2.45, 2.75) is 31.6 Å². The number of amidine groups is 1. The van der Waals surface area contributed by atoms with Crippen LogP contribution in [0.25, 0.3) is 0 Å². The highest BCUT2D eigenvalue weighted by Gasteiger charge is 2.42. The summed E-state index contributed by atoms with van der Waals surface area (Å²) in [5, 5.41) is 0. The standard InChI is InChI=1S/C17H22N2O4S/c1-17(2,16(20)23-3)12-7-6-10-19(11-12)15-13-8-4-5-9-14(13)24(21,22)18-15/h4-5,8-9,12H,6-7,10-11H2,1-3H3. The second-order valence-electron chi connectivity index (χ2n) is 6.88. The molecule has 2 heterocycles. The van der Waals surface area contributed by atoms with Crippen molar-refractivity contribution in [2.75, 3.05) is 20.2 Å². The van der Waals surface area contributed by atoms with Gasteiger partial charge >= 0.3 is 5.97 Å². The maximum absolute atomic E-state index is 12.3. The number of likely N-dealkylation sites (tertiary alicyclic amines) is 1. The molecular formula is C17H22N2O4S. The van der Waals surface area contributed by atoms with Crippen molar-refractivity contribution in [3.05, 3.63) is 29.8 Å². The number of esters is 1. The molecule has 1 atom stereocenters. The molecule has 1 fully saturated rings. The van der Waals surface area contributed by atoms with Gasteiger partial charge in [-0.1, -0.05) is 12.1 Å². The van der Waals surface area contributed by atoms with Crippen molar-refractivity contribution in [3.63, 3.8) is 0 Å². The van der Waals surface area contributed by atoms with E-state index in [1.54, 1.807) is 18.2 Å². The molecule has 6 nitrogen and oxygen atoms in total. The summed E-state index contributed by atoms with van der Waals surface area (Å²) in [4.78, 5) is 14.3. The van der Waals surface area contributed by atoms with Gasteiger partial charge in [-0.05, 0) is 44.7 Å². The Hall–Kier alpha value is -1.89. The topological polar surface area (TPSA) is 76.0 Å². The molecule has 0 aromatic heterocycles. The van der Waals surface area contributed by atoms with Crippen LogP contribution in [0.5, 0.6) is 0 Å². The zero-order chi connectivity index (χ0) is 17.5. The predicted molar refractivity (Wildman–Crippen MR) is 90.3 cm³/mol. The van der Waals surface area contributed by atoms with E-state index in [2.05, 4.69) is 4.40 Å². The van der Waals surface area contributed by atoms with E-state index in [0.29, 0.717) is 17.9 Å². The molecule has 0 spiro atoms. The van der Waals surface area contributed by atoms with Gasteiger partial charge in [-0.3, -0.25) is 4.79 Å². The van der Waals surface area contributed by atoms with Gasteiger partial charge in [-0.15, -0.1) is 4.40 Å². The number of hydrogen-bond donors (Lipinski definition) is 0. The van der Waals surface area contributed by atoms with Gasteiger partial charge in [0.2, 0.25) is 0 Å². The quantitative estimate of drug-likeness (QED) is 0.763. The van der Waals surface area contributed by atoms with Gasteiger partial charge in [0.05, 0.1) is 12.5 Å². The summed E-state index contributed by atoms with van der Waals surface area (Å²) >= 11 is 0. The maximum Gasteiger partial charge on any atom is 0.311 e. The fourth-order valence-electron chi connectivity index (χ4n) is 3.50. The van der Waals surface area contributed by atoms with Gasteiger partial charge in [0, 0.05) is 18.7 Å². The molecule has 130 valence electrons. The van der Waals surface area contributed by atoms with Crippen molar-refractivity contribution in [1.82, 2.24) is 4.90 Å². The minimum atomic E-state index is -3.62. The average molecular weight is 350 g/mol. The number of ether oxygens (including phenoxy) is 1. The highest BCUT2D eigenvalue weighted by atomic mass is 32.2. The molecule has 1 aromatic rings. The van der Waals surface area contributed by atoms with Gasteiger partial charge < -0.3 is 9.64 Å². The first kappa shape index (κ1) is 17.0.